The predicted molar refractivity (Wildman–Crippen MR) is 72.3 cm³/mol. The number of aromatic nitrogens is 3. The van der Waals surface area contributed by atoms with Gasteiger partial charge in [-0.15, -0.1) is 0 Å². The largest absolute Gasteiger partial charge is 0.384 e. The summed E-state index contributed by atoms with van der Waals surface area (Å²) < 4.78 is 1.63. The van der Waals surface area contributed by atoms with Crippen molar-refractivity contribution in [3.63, 3.8) is 0 Å². The van der Waals surface area contributed by atoms with Crippen LogP contribution >= 0.6 is 0 Å². The normalized spacial score (nSPS) is 11.0. The van der Waals surface area contributed by atoms with Crippen LogP contribution in [0.15, 0.2) is 36.5 Å². The van der Waals surface area contributed by atoms with Crippen LogP contribution in [-0.2, 0) is 0 Å². The first-order chi connectivity index (χ1) is 8.65. The van der Waals surface area contributed by atoms with E-state index in [1.54, 1.807) is 10.7 Å². The summed E-state index contributed by atoms with van der Waals surface area (Å²) in [5.74, 6) is 0.596. The van der Waals surface area contributed by atoms with Gasteiger partial charge < -0.3 is 5.73 Å². The SMILES string of the molecule is Cc1ccc(-c2cc(N)n3nccc3n2)cc1C. The standard InChI is InChI=1S/C14H14N4/c1-9-3-4-11(7-10(9)2)12-8-13(15)18-14(17-12)5-6-16-18/h3-8H,15H2,1-2H3. The Morgan fingerprint density at radius 3 is 2.67 bits per heavy atom. The zero-order valence-corrected chi connectivity index (χ0v) is 10.4. The molecular weight excluding hydrogens is 224 g/mol. The van der Waals surface area contributed by atoms with Gasteiger partial charge in [0.2, 0.25) is 0 Å². The van der Waals surface area contributed by atoms with Crippen molar-refractivity contribution in [2.24, 2.45) is 0 Å². The summed E-state index contributed by atoms with van der Waals surface area (Å²) in [7, 11) is 0. The van der Waals surface area contributed by atoms with Crippen LogP contribution in [0.3, 0.4) is 0 Å². The van der Waals surface area contributed by atoms with Gasteiger partial charge >= 0.3 is 0 Å². The second-order valence-corrected chi connectivity index (χ2v) is 4.47. The lowest BCUT2D eigenvalue weighted by molar-refractivity contribution is 0.953. The van der Waals surface area contributed by atoms with Crippen molar-refractivity contribution >= 4 is 11.5 Å². The van der Waals surface area contributed by atoms with Crippen LogP contribution in [0.5, 0.6) is 0 Å². The highest BCUT2D eigenvalue weighted by atomic mass is 15.3. The van der Waals surface area contributed by atoms with Crippen LogP contribution in [0.1, 0.15) is 11.1 Å². The van der Waals surface area contributed by atoms with Crippen molar-refractivity contribution in [3.05, 3.63) is 47.7 Å². The fourth-order valence-electron chi connectivity index (χ4n) is 1.99. The number of hydrogen-bond donors (Lipinski definition) is 1. The second-order valence-electron chi connectivity index (χ2n) is 4.47. The molecule has 18 heavy (non-hydrogen) atoms. The average molecular weight is 238 g/mol. The minimum Gasteiger partial charge on any atom is -0.384 e. The highest BCUT2D eigenvalue weighted by Crippen LogP contribution is 2.22. The number of aryl methyl sites for hydroxylation is 2. The zero-order chi connectivity index (χ0) is 12.7. The third kappa shape index (κ3) is 1.62. The predicted octanol–water partition coefficient (Wildman–Crippen LogP) is 2.60. The van der Waals surface area contributed by atoms with E-state index >= 15 is 0 Å². The van der Waals surface area contributed by atoms with Gasteiger partial charge in [0.05, 0.1) is 11.9 Å². The Bertz CT molecular complexity index is 728. The summed E-state index contributed by atoms with van der Waals surface area (Å²) in [6.07, 6.45) is 1.70. The number of rotatable bonds is 1. The highest BCUT2D eigenvalue weighted by Gasteiger charge is 2.06. The highest BCUT2D eigenvalue weighted by molar-refractivity contribution is 5.66. The molecule has 0 saturated carbocycles. The van der Waals surface area contributed by atoms with Gasteiger partial charge in [-0.2, -0.15) is 9.61 Å². The molecule has 0 saturated heterocycles. The fraction of sp³-hybridized carbons (Fsp3) is 0.143. The maximum atomic E-state index is 5.97. The van der Waals surface area contributed by atoms with Gasteiger partial charge in [-0.3, -0.25) is 0 Å². The van der Waals surface area contributed by atoms with Crippen molar-refractivity contribution in [1.29, 1.82) is 0 Å². The number of nitrogens with two attached hydrogens (primary N) is 1. The zero-order valence-electron chi connectivity index (χ0n) is 10.4. The Morgan fingerprint density at radius 2 is 1.89 bits per heavy atom. The molecule has 2 N–H and O–H groups in total. The average Bonchev–Trinajstić information content (AvgIpc) is 2.81. The molecule has 0 aliphatic heterocycles. The van der Waals surface area contributed by atoms with E-state index in [1.165, 1.54) is 11.1 Å². The van der Waals surface area contributed by atoms with Gasteiger partial charge in [0.1, 0.15) is 5.82 Å². The molecule has 1 aromatic carbocycles. The molecule has 0 fully saturated rings. The maximum absolute atomic E-state index is 5.97. The van der Waals surface area contributed by atoms with Crippen molar-refractivity contribution in [2.45, 2.75) is 13.8 Å². The molecule has 0 atom stereocenters. The smallest absolute Gasteiger partial charge is 0.157 e. The number of hydrogen-bond acceptors (Lipinski definition) is 3. The molecule has 2 aromatic heterocycles. The Kier molecular flexibility index (Phi) is 2.30. The molecular formula is C14H14N4. The van der Waals surface area contributed by atoms with E-state index < -0.39 is 0 Å². The number of benzene rings is 1. The van der Waals surface area contributed by atoms with Crippen molar-refractivity contribution in [1.82, 2.24) is 14.6 Å². The van der Waals surface area contributed by atoms with E-state index in [4.69, 9.17) is 5.73 Å². The molecule has 2 heterocycles. The van der Waals surface area contributed by atoms with Crippen LogP contribution in [0, 0.1) is 13.8 Å². The molecule has 4 heteroatoms. The van der Waals surface area contributed by atoms with Gasteiger partial charge in [-0.1, -0.05) is 12.1 Å². The lowest BCUT2D eigenvalue weighted by atomic mass is 10.0. The summed E-state index contributed by atoms with van der Waals surface area (Å²) in [6, 6.07) is 10.00. The van der Waals surface area contributed by atoms with Crippen LogP contribution < -0.4 is 5.73 Å². The van der Waals surface area contributed by atoms with Gasteiger partial charge in [0, 0.05) is 17.7 Å². The lowest BCUT2D eigenvalue weighted by Gasteiger charge is -2.07. The van der Waals surface area contributed by atoms with Crippen LogP contribution in [-0.4, -0.2) is 14.6 Å². The lowest BCUT2D eigenvalue weighted by Crippen LogP contribution is -2.01. The van der Waals surface area contributed by atoms with Crippen molar-refractivity contribution < 1.29 is 0 Å². The molecule has 0 bridgehead atoms. The molecule has 3 aromatic rings. The number of fused-ring (bicyclic) bond motifs is 1. The monoisotopic (exact) mass is 238 g/mol. The first-order valence-corrected chi connectivity index (χ1v) is 5.83. The van der Waals surface area contributed by atoms with Crippen molar-refractivity contribution in [3.8, 4) is 11.3 Å². The maximum Gasteiger partial charge on any atom is 0.157 e. The third-order valence-corrected chi connectivity index (χ3v) is 3.19. The van der Waals surface area contributed by atoms with E-state index in [1.807, 2.05) is 12.1 Å². The third-order valence-electron chi connectivity index (χ3n) is 3.19. The van der Waals surface area contributed by atoms with Gasteiger partial charge in [0.25, 0.3) is 0 Å². The first kappa shape index (κ1) is 10.8. The van der Waals surface area contributed by atoms with E-state index in [0.29, 0.717) is 5.82 Å². The summed E-state index contributed by atoms with van der Waals surface area (Å²) >= 11 is 0. The number of nitrogen functional groups attached to an aromatic ring is 1. The molecule has 3 rings (SSSR count). The summed E-state index contributed by atoms with van der Waals surface area (Å²) in [5.41, 5.74) is 11.2. The van der Waals surface area contributed by atoms with Gasteiger partial charge in [-0.05, 0) is 31.0 Å². The topological polar surface area (TPSA) is 56.2 Å². The van der Waals surface area contributed by atoms with E-state index in [-0.39, 0.29) is 0 Å². The van der Waals surface area contributed by atoms with Crippen LogP contribution in [0.2, 0.25) is 0 Å². The van der Waals surface area contributed by atoms with E-state index in [9.17, 15) is 0 Å². The second kappa shape index (κ2) is 3.84. The minimum absolute atomic E-state index is 0.596. The Hall–Kier alpha value is -2.36. The molecule has 90 valence electrons. The number of nitrogens with zero attached hydrogens (tertiary/aromatic N) is 3. The molecule has 0 amide bonds. The first-order valence-electron chi connectivity index (χ1n) is 5.83. The quantitative estimate of drug-likeness (QED) is 0.709. The fourth-order valence-corrected chi connectivity index (χ4v) is 1.99. The molecule has 0 aliphatic rings. The molecule has 0 spiro atoms. The summed E-state index contributed by atoms with van der Waals surface area (Å²) in [5, 5.41) is 4.11. The minimum atomic E-state index is 0.596. The van der Waals surface area contributed by atoms with E-state index in [0.717, 1.165) is 16.9 Å². The number of anilines is 1. The Balaban J connectivity index is 2.21. The molecule has 4 nitrogen and oxygen atoms in total. The van der Waals surface area contributed by atoms with E-state index in [2.05, 4.69) is 42.1 Å². The van der Waals surface area contributed by atoms with Gasteiger partial charge in [0.15, 0.2) is 5.65 Å². The van der Waals surface area contributed by atoms with Gasteiger partial charge in [-0.25, -0.2) is 4.98 Å². The molecule has 0 radical (unpaired) electrons. The Morgan fingerprint density at radius 1 is 1.06 bits per heavy atom. The Labute approximate surface area is 105 Å². The summed E-state index contributed by atoms with van der Waals surface area (Å²) in [6.45, 7) is 4.20. The van der Waals surface area contributed by atoms with Crippen LogP contribution in [0.25, 0.3) is 16.9 Å². The van der Waals surface area contributed by atoms with Crippen molar-refractivity contribution in [2.75, 3.05) is 5.73 Å². The molecule has 0 unspecified atom stereocenters. The summed E-state index contributed by atoms with van der Waals surface area (Å²) in [4.78, 5) is 4.56. The molecule has 0 aliphatic carbocycles. The van der Waals surface area contributed by atoms with Crippen LogP contribution in [0.4, 0.5) is 5.82 Å².